The van der Waals surface area contributed by atoms with Crippen LogP contribution in [0.5, 0.6) is 0 Å². The predicted octanol–water partition coefficient (Wildman–Crippen LogP) is 4.47. The lowest BCUT2D eigenvalue weighted by atomic mass is 9.85. The highest BCUT2D eigenvalue weighted by Crippen LogP contribution is 2.49. The van der Waals surface area contributed by atoms with Crippen LogP contribution in [-0.4, -0.2) is 30.6 Å². The summed E-state index contributed by atoms with van der Waals surface area (Å²) in [6.45, 7) is 3.16. The number of aryl methyl sites for hydroxylation is 2. The molecular weight excluding hydrogens is 421 g/mol. The van der Waals surface area contributed by atoms with Crippen LogP contribution >= 0.6 is 11.6 Å². The van der Waals surface area contributed by atoms with E-state index in [-0.39, 0.29) is 22.8 Å². The van der Waals surface area contributed by atoms with Crippen molar-refractivity contribution in [2.75, 3.05) is 6.54 Å². The molecule has 2 aromatic carbocycles. The number of carbonyl (C=O) groups excluding carboxylic acids is 2. The Morgan fingerprint density at radius 1 is 1.27 bits per heavy atom. The molecule has 0 spiro atoms. The number of rotatable bonds is 5. The minimum absolute atomic E-state index is 0.105. The van der Waals surface area contributed by atoms with Gasteiger partial charge in [-0.1, -0.05) is 28.9 Å². The number of oxime groups is 1. The first kappa shape index (κ1) is 21.8. The molecule has 9 heteroatoms. The van der Waals surface area contributed by atoms with Crippen LogP contribution in [0.3, 0.4) is 0 Å². The number of carbonyl (C=O) groups is 2. The highest BCUT2D eigenvalue weighted by Gasteiger charge is 2.62. The molecule has 30 heavy (non-hydrogen) atoms. The van der Waals surface area contributed by atoms with E-state index in [9.17, 15) is 22.8 Å². The van der Waals surface area contributed by atoms with Crippen LogP contribution in [0.4, 0.5) is 13.2 Å². The topological polar surface area (TPSA) is 67.8 Å². The molecule has 0 radical (unpaired) electrons. The first-order chi connectivity index (χ1) is 14.1. The Morgan fingerprint density at radius 2 is 2.00 bits per heavy atom. The van der Waals surface area contributed by atoms with Crippen molar-refractivity contribution in [3.8, 4) is 0 Å². The lowest BCUT2D eigenvalue weighted by Crippen LogP contribution is -2.42. The molecule has 1 unspecified atom stereocenters. The van der Waals surface area contributed by atoms with Gasteiger partial charge in [0.15, 0.2) is 0 Å². The summed E-state index contributed by atoms with van der Waals surface area (Å²) < 4.78 is 42.3. The molecule has 158 valence electrons. The van der Waals surface area contributed by atoms with Crippen LogP contribution < -0.4 is 5.32 Å². The number of nitrogens with zero attached hydrogens (tertiary/aromatic N) is 1. The molecule has 1 aliphatic heterocycles. The van der Waals surface area contributed by atoms with Crippen molar-refractivity contribution in [2.45, 2.75) is 32.0 Å². The Labute approximate surface area is 175 Å². The maximum absolute atomic E-state index is 14.1. The average Bonchev–Trinajstić information content (AvgIpc) is 3.12. The summed E-state index contributed by atoms with van der Waals surface area (Å²) in [5.41, 5.74) is -0.849. The van der Waals surface area contributed by atoms with E-state index in [0.717, 1.165) is 0 Å². The monoisotopic (exact) mass is 438 g/mol. The fourth-order valence-corrected chi connectivity index (χ4v) is 3.65. The van der Waals surface area contributed by atoms with E-state index < -0.39 is 24.1 Å². The third kappa shape index (κ3) is 4.05. The van der Waals surface area contributed by atoms with Crippen LogP contribution in [0.15, 0.2) is 41.6 Å². The molecule has 0 saturated heterocycles. The van der Waals surface area contributed by atoms with Crippen LogP contribution in [-0.2, 0) is 15.2 Å². The number of hydrogen-bond donors (Lipinski definition) is 1. The molecule has 1 atom stereocenters. The number of benzene rings is 2. The summed E-state index contributed by atoms with van der Waals surface area (Å²) in [6.07, 6.45) is -4.72. The van der Waals surface area contributed by atoms with Crippen LogP contribution in [0.1, 0.15) is 39.0 Å². The molecule has 3 rings (SSSR count). The Hall–Kier alpha value is -2.87. The zero-order chi connectivity index (χ0) is 22.1. The minimum atomic E-state index is -4.74. The highest BCUT2D eigenvalue weighted by atomic mass is 35.5. The molecule has 2 aromatic rings. The molecule has 0 bridgehead atoms. The molecule has 0 saturated carbocycles. The van der Waals surface area contributed by atoms with Crippen LogP contribution in [0.25, 0.3) is 0 Å². The third-order valence-electron chi connectivity index (χ3n) is 4.84. The van der Waals surface area contributed by atoms with Crippen molar-refractivity contribution in [1.82, 2.24) is 5.32 Å². The second-order valence-electron chi connectivity index (χ2n) is 7.05. The summed E-state index contributed by atoms with van der Waals surface area (Å²) in [4.78, 5) is 27.5. The van der Waals surface area contributed by atoms with Gasteiger partial charge in [-0.05, 0) is 54.8 Å². The number of nitrogens with one attached hydrogen (secondary N) is 1. The van der Waals surface area contributed by atoms with Gasteiger partial charge in [0, 0.05) is 22.6 Å². The first-order valence-electron chi connectivity index (χ1n) is 9.00. The van der Waals surface area contributed by atoms with Gasteiger partial charge in [-0.25, -0.2) is 0 Å². The molecule has 0 aliphatic carbocycles. The summed E-state index contributed by atoms with van der Waals surface area (Å²) in [5, 5.41) is 6.33. The predicted molar refractivity (Wildman–Crippen MR) is 106 cm³/mol. The van der Waals surface area contributed by atoms with Crippen molar-refractivity contribution < 1.29 is 27.6 Å². The molecular formula is C21H18ClF3N2O3. The van der Waals surface area contributed by atoms with Gasteiger partial charge in [-0.15, -0.1) is 0 Å². The molecule has 1 N–H and O–H groups in total. The zero-order valence-corrected chi connectivity index (χ0v) is 16.9. The number of hydrogen-bond acceptors (Lipinski definition) is 4. The van der Waals surface area contributed by atoms with E-state index >= 15 is 0 Å². The van der Waals surface area contributed by atoms with Gasteiger partial charge in [0.1, 0.15) is 6.29 Å². The number of amides is 1. The second kappa shape index (κ2) is 8.10. The fraction of sp³-hybridized carbons (Fsp3) is 0.286. The second-order valence-corrected chi connectivity index (χ2v) is 7.49. The van der Waals surface area contributed by atoms with E-state index in [1.165, 1.54) is 24.3 Å². The normalized spacial score (nSPS) is 18.5. The lowest BCUT2D eigenvalue weighted by Gasteiger charge is -2.29. The number of halogens is 4. The Morgan fingerprint density at radius 3 is 2.60 bits per heavy atom. The lowest BCUT2D eigenvalue weighted by molar-refractivity contribution is -0.275. The van der Waals surface area contributed by atoms with Crippen LogP contribution in [0.2, 0.25) is 5.02 Å². The summed E-state index contributed by atoms with van der Waals surface area (Å²) in [7, 11) is 0. The van der Waals surface area contributed by atoms with E-state index in [1.54, 1.807) is 26.0 Å². The first-order valence-corrected chi connectivity index (χ1v) is 9.37. The zero-order valence-electron chi connectivity index (χ0n) is 16.1. The Kier molecular flexibility index (Phi) is 5.90. The number of alkyl halides is 3. The molecule has 1 aliphatic rings. The van der Waals surface area contributed by atoms with Crippen molar-refractivity contribution >= 4 is 29.5 Å². The standard InChI is InChI=1S/C21H18ClF3N2O3/c1-12-7-15(10-16(22)8-12)20(21(23,24)25)11-18(27-30-20)14-3-4-17(13(2)9-14)19(29)26-5-6-28/h3-4,6-10H,5,11H2,1-2H3,(H,26,29). The number of aldehydes is 1. The van der Waals surface area contributed by atoms with E-state index in [1.807, 2.05) is 0 Å². The van der Waals surface area contributed by atoms with Crippen LogP contribution in [0, 0.1) is 13.8 Å². The average molecular weight is 439 g/mol. The Bertz CT molecular complexity index is 1020. The van der Waals surface area contributed by atoms with Crippen molar-refractivity contribution in [3.63, 3.8) is 0 Å². The van der Waals surface area contributed by atoms with Gasteiger partial charge >= 0.3 is 6.18 Å². The van der Waals surface area contributed by atoms with Gasteiger partial charge in [0.25, 0.3) is 11.5 Å². The quantitative estimate of drug-likeness (QED) is 0.700. The van der Waals surface area contributed by atoms with Gasteiger partial charge < -0.3 is 14.9 Å². The largest absolute Gasteiger partial charge is 0.435 e. The smallest absolute Gasteiger partial charge is 0.374 e. The summed E-state index contributed by atoms with van der Waals surface area (Å²) in [5.74, 6) is -0.449. The van der Waals surface area contributed by atoms with Crippen molar-refractivity contribution in [1.29, 1.82) is 0 Å². The molecule has 5 nitrogen and oxygen atoms in total. The van der Waals surface area contributed by atoms with Crippen molar-refractivity contribution in [3.05, 3.63) is 69.2 Å². The van der Waals surface area contributed by atoms with Gasteiger partial charge in [0.05, 0.1) is 12.3 Å². The SMILES string of the molecule is Cc1cc(Cl)cc(C2(C(F)(F)F)CC(c3ccc(C(=O)NCC=O)c(C)c3)=NO2)c1. The summed E-state index contributed by atoms with van der Waals surface area (Å²) in [6, 6.07) is 8.71. The van der Waals surface area contributed by atoms with Gasteiger partial charge in [-0.3, -0.25) is 4.79 Å². The minimum Gasteiger partial charge on any atom is -0.374 e. The van der Waals surface area contributed by atoms with E-state index in [4.69, 9.17) is 16.4 Å². The maximum atomic E-state index is 14.1. The maximum Gasteiger partial charge on any atom is 0.435 e. The molecule has 0 fully saturated rings. The van der Waals surface area contributed by atoms with Crippen molar-refractivity contribution in [2.24, 2.45) is 5.16 Å². The molecule has 1 amide bonds. The third-order valence-corrected chi connectivity index (χ3v) is 5.06. The van der Waals surface area contributed by atoms with E-state index in [0.29, 0.717) is 28.5 Å². The van der Waals surface area contributed by atoms with E-state index in [2.05, 4.69) is 10.5 Å². The summed E-state index contributed by atoms with van der Waals surface area (Å²) >= 11 is 5.98. The Balaban J connectivity index is 1.94. The molecule has 0 aromatic heterocycles. The van der Waals surface area contributed by atoms with Gasteiger partial charge in [0.2, 0.25) is 0 Å². The van der Waals surface area contributed by atoms with Gasteiger partial charge in [-0.2, -0.15) is 13.2 Å². The fourth-order valence-electron chi connectivity index (χ4n) is 3.36. The molecule has 1 heterocycles. The highest BCUT2D eigenvalue weighted by molar-refractivity contribution is 6.30.